The lowest BCUT2D eigenvalue weighted by molar-refractivity contribution is -0.124. The van der Waals surface area contributed by atoms with Crippen LogP contribution in [0.3, 0.4) is 0 Å². The van der Waals surface area contributed by atoms with E-state index in [1.165, 1.54) is 12.8 Å². The van der Waals surface area contributed by atoms with Crippen LogP contribution in [-0.4, -0.2) is 47.0 Å². The van der Waals surface area contributed by atoms with Crippen molar-refractivity contribution in [1.82, 2.24) is 10.3 Å². The summed E-state index contributed by atoms with van der Waals surface area (Å²) in [4.78, 5) is 32.4. The van der Waals surface area contributed by atoms with Gasteiger partial charge < -0.3 is 20.3 Å². The van der Waals surface area contributed by atoms with Crippen molar-refractivity contribution in [3.05, 3.63) is 29.5 Å². The number of aromatic amines is 1. The average molecular weight is 468 g/mol. The van der Waals surface area contributed by atoms with Crippen LogP contribution in [0.25, 0.3) is 10.9 Å². The number of aromatic nitrogens is 1. The van der Waals surface area contributed by atoms with Gasteiger partial charge in [0.05, 0.1) is 18.2 Å². The lowest BCUT2D eigenvalue weighted by Crippen LogP contribution is -2.53. The van der Waals surface area contributed by atoms with Crippen molar-refractivity contribution in [2.24, 2.45) is 11.8 Å². The van der Waals surface area contributed by atoms with Gasteiger partial charge in [-0.3, -0.25) is 9.59 Å². The summed E-state index contributed by atoms with van der Waals surface area (Å²) in [6, 6.07) is 3.35. The Bertz CT molecular complexity index is 1010. The van der Waals surface area contributed by atoms with Crippen molar-refractivity contribution in [2.45, 2.75) is 90.6 Å². The molecule has 2 aromatic rings. The summed E-state index contributed by atoms with van der Waals surface area (Å²) in [5.74, 6) is 0.766. The molecule has 4 rings (SSSR count). The summed E-state index contributed by atoms with van der Waals surface area (Å²) in [7, 11) is 0. The molecule has 2 atom stereocenters. The number of rotatable bonds is 9. The van der Waals surface area contributed by atoms with E-state index in [0.29, 0.717) is 18.8 Å². The van der Waals surface area contributed by atoms with E-state index in [2.05, 4.69) is 42.0 Å². The number of amides is 1. The van der Waals surface area contributed by atoms with Crippen molar-refractivity contribution in [3.63, 3.8) is 0 Å². The number of nitrogens with zero attached hydrogens (tertiary/aromatic N) is 1. The summed E-state index contributed by atoms with van der Waals surface area (Å²) < 4.78 is 0. The lowest BCUT2D eigenvalue weighted by Gasteiger charge is -2.36. The van der Waals surface area contributed by atoms with Gasteiger partial charge in [0.2, 0.25) is 5.91 Å². The quantitative estimate of drug-likeness (QED) is 0.358. The zero-order chi connectivity index (χ0) is 24.2. The number of ketones is 1. The second-order valence-corrected chi connectivity index (χ2v) is 10.7. The van der Waals surface area contributed by atoms with Crippen LogP contribution in [0.2, 0.25) is 0 Å². The summed E-state index contributed by atoms with van der Waals surface area (Å²) >= 11 is 0. The third-order valence-electron chi connectivity index (χ3n) is 7.73. The fourth-order valence-electron chi connectivity index (χ4n) is 5.98. The van der Waals surface area contributed by atoms with Crippen LogP contribution in [0.5, 0.6) is 0 Å². The minimum absolute atomic E-state index is 0.0331. The first-order valence-electron chi connectivity index (χ1n) is 13.3. The summed E-state index contributed by atoms with van der Waals surface area (Å²) in [5, 5.41) is 14.2. The van der Waals surface area contributed by atoms with Gasteiger partial charge in [-0.15, -0.1) is 0 Å². The zero-order valence-corrected chi connectivity index (χ0v) is 21.0. The highest BCUT2D eigenvalue weighted by molar-refractivity contribution is 6.11. The van der Waals surface area contributed by atoms with E-state index in [9.17, 15) is 14.7 Å². The van der Waals surface area contributed by atoms with Crippen molar-refractivity contribution >= 4 is 28.3 Å². The Balaban J connectivity index is 1.82. The van der Waals surface area contributed by atoms with Gasteiger partial charge in [0.1, 0.15) is 6.04 Å². The van der Waals surface area contributed by atoms with Gasteiger partial charge in [0.15, 0.2) is 5.78 Å². The highest BCUT2D eigenvalue weighted by Crippen LogP contribution is 2.37. The molecule has 1 saturated carbocycles. The molecule has 1 aliphatic carbocycles. The summed E-state index contributed by atoms with van der Waals surface area (Å²) in [5.41, 5.74) is 3.70. The maximum Gasteiger partial charge on any atom is 0.243 e. The molecule has 186 valence electrons. The Morgan fingerprint density at radius 3 is 2.65 bits per heavy atom. The van der Waals surface area contributed by atoms with Crippen LogP contribution < -0.4 is 10.2 Å². The molecule has 6 nitrogen and oxygen atoms in total. The minimum atomic E-state index is -0.353. The maximum absolute atomic E-state index is 13.4. The van der Waals surface area contributed by atoms with Gasteiger partial charge in [-0.2, -0.15) is 0 Å². The number of benzene rings is 1. The van der Waals surface area contributed by atoms with Crippen LogP contribution >= 0.6 is 0 Å². The second-order valence-electron chi connectivity index (χ2n) is 10.7. The smallest absolute Gasteiger partial charge is 0.243 e. The number of unbranched alkanes of at least 4 members (excludes halogenated alkanes) is 2. The number of carbonyl (C=O) groups excluding carboxylic acids is 2. The van der Waals surface area contributed by atoms with E-state index in [0.717, 1.165) is 66.4 Å². The van der Waals surface area contributed by atoms with E-state index in [4.69, 9.17) is 0 Å². The molecule has 6 heteroatoms. The van der Waals surface area contributed by atoms with Crippen LogP contribution in [0, 0.1) is 11.8 Å². The van der Waals surface area contributed by atoms with Crippen LogP contribution in [0.1, 0.15) is 88.1 Å². The highest BCUT2D eigenvalue weighted by atomic mass is 16.3. The Labute approximate surface area is 203 Å². The fourth-order valence-corrected chi connectivity index (χ4v) is 5.98. The number of nitrogens with one attached hydrogen (secondary N) is 2. The molecule has 0 bridgehead atoms. The first-order chi connectivity index (χ1) is 16.4. The predicted molar refractivity (Wildman–Crippen MR) is 137 cm³/mol. The number of hydrogen-bond acceptors (Lipinski definition) is 4. The molecular formula is C28H41N3O3. The molecular weight excluding hydrogens is 426 g/mol. The minimum Gasteiger partial charge on any atom is -0.394 e. The third-order valence-corrected chi connectivity index (χ3v) is 7.73. The number of aliphatic hydroxyl groups excluding tert-OH is 1. The molecule has 0 spiro atoms. The van der Waals surface area contributed by atoms with Crippen molar-refractivity contribution in [3.8, 4) is 0 Å². The Morgan fingerprint density at radius 1 is 1.21 bits per heavy atom. The number of aliphatic hydroxyl groups is 1. The lowest BCUT2D eigenvalue weighted by atomic mass is 9.93. The molecule has 34 heavy (non-hydrogen) atoms. The van der Waals surface area contributed by atoms with Crippen LogP contribution in [0.4, 0.5) is 5.69 Å². The average Bonchev–Trinajstić information content (AvgIpc) is 3.47. The maximum atomic E-state index is 13.4. The molecule has 0 unspecified atom stereocenters. The van der Waals surface area contributed by atoms with Gasteiger partial charge >= 0.3 is 0 Å². The monoisotopic (exact) mass is 467 g/mol. The third kappa shape index (κ3) is 5.02. The topological polar surface area (TPSA) is 85.4 Å². The van der Waals surface area contributed by atoms with E-state index in [1.54, 1.807) is 0 Å². The number of anilines is 1. The normalized spacial score (nSPS) is 21.6. The molecule has 1 aliphatic heterocycles. The van der Waals surface area contributed by atoms with Crippen LogP contribution in [0.15, 0.2) is 18.3 Å². The van der Waals surface area contributed by atoms with Gasteiger partial charge in [0, 0.05) is 35.8 Å². The standard InChI is InChI=1S/C28H41N3O3/c1-4-5-8-13-31-23-12-11-22(24(33)14-19-9-6-7-10-19)26-25(23)20(16-29-26)15-21(17-32)30-28(34)27(31)18(2)3/h11-12,16,18-19,21,27,29,32H,4-10,13-15,17H2,1-3H3,(H,30,34)/t21-,27-/m0/s1. The van der Waals surface area contributed by atoms with Crippen molar-refractivity contribution < 1.29 is 14.7 Å². The first-order valence-corrected chi connectivity index (χ1v) is 13.3. The van der Waals surface area contributed by atoms with E-state index in [-0.39, 0.29) is 36.3 Å². The van der Waals surface area contributed by atoms with Crippen molar-refractivity contribution in [2.75, 3.05) is 18.1 Å². The second kappa shape index (κ2) is 10.9. The first kappa shape index (κ1) is 24.8. The number of carbonyl (C=O) groups is 2. The number of Topliss-reactive ketones (excluding diaryl/α,β-unsaturated/α-hetero) is 1. The molecule has 2 heterocycles. The largest absolute Gasteiger partial charge is 0.394 e. The predicted octanol–water partition coefficient (Wildman–Crippen LogP) is 4.99. The zero-order valence-electron chi connectivity index (χ0n) is 21.0. The SMILES string of the molecule is CCCCCN1c2ccc(C(=O)CC3CCCC3)c3[nH]cc(c23)C[C@@H](CO)NC(=O)[C@@H]1C(C)C. The number of H-pyrrole nitrogens is 1. The molecule has 2 aliphatic rings. The van der Waals surface area contributed by atoms with E-state index in [1.807, 2.05) is 12.3 Å². The Morgan fingerprint density at radius 2 is 1.97 bits per heavy atom. The van der Waals surface area contributed by atoms with E-state index < -0.39 is 0 Å². The van der Waals surface area contributed by atoms with Gasteiger partial charge in [-0.1, -0.05) is 59.3 Å². The Hall–Kier alpha value is -2.34. The molecule has 1 fully saturated rings. The van der Waals surface area contributed by atoms with E-state index >= 15 is 0 Å². The summed E-state index contributed by atoms with van der Waals surface area (Å²) in [6.07, 6.45) is 11.1. The molecule has 1 aromatic carbocycles. The van der Waals surface area contributed by atoms with Gasteiger partial charge in [0.25, 0.3) is 0 Å². The fraction of sp³-hybridized carbons (Fsp3) is 0.643. The van der Waals surface area contributed by atoms with Crippen molar-refractivity contribution in [1.29, 1.82) is 0 Å². The molecule has 1 aromatic heterocycles. The molecule has 1 amide bonds. The molecule has 0 saturated heterocycles. The van der Waals surface area contributed by atoms with Gasteiger partial charge in [-0.25, -0.2) is 0 Å². The highest BCUT2D eigenvalue weighted by Gasteiger charge is 2.34. The molecule has 0 radical (unpaired) electrons. The van der Waals surface area contributed by atoms with Crippen LogP contribution in [-0.2, 0) is 11.2 Å². The number of hydrogen-bond donors (Lipinski definition) is 3. The molecule has 3 N–H and O–H groups in total. The van der Waals surface area contributed by atoms with Gasteiger partial charge in [-0.05, 0) is 42.4 Å². The Kier molecular flexibility index (Phi) is 7.97. The summed E-state index contributed by atoms with van der Waals surface area (Å²) in [6.45, 7) is 7.01.